The van der Waals surface area contributed by atoms with Gasteiger partial charge in [-0.05, 0) is 37.6 Å². The van der Waals surface area contributed by atoms with Crippen LogP contribution in [-0.4, -0.2) is 50.8 Å². The maximum atomic E-state index is 12.8. The van der Waals surface area contributed by atoms with Gasteiger partial charge in [0.15, 0.2) is 11.0 Å². The Balaban J connectivity index is 1.42. The fourth-order valence-electron chi connectivity index (χ4n) is 3.50. The molecule has 0 fully saturated rings. The van der Waals surface area contributed by atoms with E-state index in [9.17, 15) is 9.59 Å². The first-order valence-corrected chi connectivity index (χ1v) is 12.1. The number of nitrogens with one attached hydrogen (secondary N) is 1. The zero-order valence-electron chi connectivity index (χ0n) is 19.9. The van der Waals surface area contributed by atoms with Crippen molar-refractivity contribution in [1.82, 2.24) is 19.7 Å². The second kappa shape index (κ2) is 11.1. The quantitative estimate of drug-likeness (QED) is 0.351. The molecule has 2 amide bonds. The molecule has 2 heterocycles. The van der Waals surface area contributed by atoms with Gasteiger partial charge in [0.25, 0.3) is 0 Å². The first-order chi connectivity index (χ1) is 16.9. The number of aromatic nitrogens is 3. The molecule has 0 saturated heterocycles. The molecule has 9 heteroatoms. The van der Waals surface area contributed by atoms with E-state index >= 15 is 0 Å². The SMILES string of the molecule is Cc1ccc(NC(=O)CN(C)C(=O)CSc2nnc(-c3ccoc3C)n2Cc2ccccc2)cc1. The van der Waals surface area contributed by atoms with Crippen molar-refractivity contribution in [2.24, 2.45) is 0 Å². The number of hydrogen-bond donors (Lipinski definition) is 1. The second-order valence-corrected chi connectivity index (χ2v) is 9.16. The molecule has 4 rings (SSSR count). The number of rotatable bonds is 9. The lowest BCUT2D eigenvalue weighted by Crippen LogP contribution is -2.36. The number of anilines is 1. The van der Waals surface area contributed by atoms with E-state index in [1.807, 2.05) is 79.1 Å². The molecule has 0 saturated carbocycles. The molecule has 0 unspecified atom stereocenters. The highest BCUT2D eigenvalue weighted by molar-refractivity contribution is 7.99. The maximum absolute atomic E-state index is 12.8. The highest BCUT2D eigenvalue weighted by atomic mass is 32.2. The normalized spacial score (nSPS) is 10.8. The van der Waals surface area contributed by atoms with E-state index in [0.717, 1.165) is 22.5 Å². The monoisotopic (exact) mass is 489 g/mol. The van der Waals surface area contributed by atoms with E-state index < -0.39 is 0 Å². The minimum absolute atomic E-state index is 0.0383. The molecule has 35 heavy (non-hydrogen) atoms. The number of hydrogen-bond acceptors (Lipinski definition) is 6. The van der Waals surface area contributed by atoms with Crippen LogP contribution >= 0.6 is 11.8 Å². The predicted octanol–water partition coefficient (Wildman–Crippen LogP) is 4.39. The van der Waals surface area contributed by atoms with Crippen molar-refractivity contribution >= 4 is 29.3 Å². The summed E-state index contributed by atoms with van der Waals surface area (Å²) in [4.78, 5) is 26.5. The van der Waals surface area contributed by atoms with Gasteiger partial charge in [0.05, 0.1) is 30.7 Å². The fourth-order valence-corrected chi connectivity index (χ4v) is 4.38. The minimum atomic E-state index is -0.250. The molecule has 0 aliphatic heterocycles. The summed E-state index contributed by atoms with van der Waals surface area (Å²) in [5.74, 6) is 1.13. The van der Waals surface area contributed by atoms with Gasteiger partial charge in [-0.25, -0.2) is 0 Å². The van der Waals surface area contributed by atoms with E-state index in [1.165, 1.54) is 16.7 Å². The largest absolute Gasteiger partial charge is 0.469 e. The van der Waals surface area contributed by atoms with Gasteiger partial charge in [-0.3, -0.25) is 14.2 Å². The van der Waals surface area contributed by atoms with Gasteiger partial charge >= 0.3 is 0 Å². The summed E-state index contributed by atoms with van der Waals surface area (Å²) in [6.45, 7) is 4.38. The third-order valence-electron chi connectivity index (χ3n) is 5.47. The molecule has 0 radical (unpaired) electrons. The molecule has 0 aliphatic carbocycles. The first-order valence-electron chi connectivity index (χ1n) is 11.2. The van der Waals surface area contributed by atoms with Gasteiger partial charge in [-0.2, -0.15) is 0 Å². The summed E-state index contributed by atoms with van der Waals surface area (Å²) in [7, 11) is 1.62. The van der Waals surface area contributed by atoms with Crippen LogP contribution in [-0.2, 0) is 16.1 Å². The molecule has 0 atom stereocenters. The van der Waals surface area contributed by atoms with Crippen LogP contribution in [0, 0.1) is 13.8 Å². The van der Waals surface area contributed by atoms with Crippen LogP contribution in [0.2, 0.25) is 0 Å². The average Bonchev–Trinajstić information content (AvgIpc) is 3.44. The number of carbonyl (C=O) groups excluding carboxylic acids is 2. The number of likely N-dealkylation sites (N-methyl/N-ethyl adjacent to an activating group) is 1. The molecular formula is C26H27N5O3S. The molecular weight excluding hydrogens is 462 g/mol. The van der Waals surface area contributed by atoms with Gasteiger partial charge < -0.3 is 14.6 Å². The van der Waals surface area contributed by atoms with Gasteiger partial charge in [-0.15, -0.1) is 10.2 Å². The Hall–Kier alpha value is -3.85. The smallest absolute Gasteiger partial charge is 0.243 e. The molecule has 2 aromatic heterocycles. The Labute approximate surface area is 208 Å². The lowest BCUT2D eigenvalue weighted by atomic mass is 10.2. The van der Waals surface area contributed by atoms with Crippen molar-refractivity contribution < 1.29 is 14.0 Å². The van der Waals surface area contributed by atoms with Gasteiger partial charge in [0.2, 0.25) is 11.8 Å². The molecule has 1 N–H and O–H groups in total. The van der Waals surface area contributed by atoms with E-state index in [4.69, 9.17) is 4.42 Å². The number of amides is 2. The average molecular weight is 490 g/mol. The van der Waals surface area contributed by atoms with E-state index in [0.29, 0.717) is 23.2 Å². The van der Waals surface area contributed by atoms with E-state index in [-0.39, 0.29) is 24.1 Å². The van der Waals surface area contributed by atoms with Crippen LogP contribution < -0.4 is 5.32 Å². The van der Waals surface area contributed by atoms with Gasteiger partial charge in [-0.1, -0.05) is 59.8 Å². The summed E-state index contributed by atoms with van der Waals surface area (Å²) in [5.41, 5.74) is 3.76. The second-order valence-electron chi connectivity index (χ2n) is 8.22. The van der Waals surface area contributed by atoms with E-state index in [1.54, 1.807) is 13.3 Å². The van der Waals surface area contributed by atoms with Crippen molar-refractivity contribution in [2.45, 2.75) is 25.5 Å². The lowest BCUT2D eigenvalue weighted by molar-refractivity contribution is -0.131. The highest BCUT2D eigenvalue weighted by Gasteiger charge is 2.20. The summed E-state index contributed by atoms with van der Waals surface area (Å²) in [5, 5.41) is 12.2. The van der Waals surface area contributed by atoms with Crippen molar-refractivity contribution in [2.75, 3.05) is 24.7 Å². The maximum Gasteiger partial charge on any atom is 0.243 e. The minimum Gasteiger partial charge on any atom is -0.469 e. The lowest BCUT2D eigenvalue weighted by Gasteiger charge is -2.17. The van der Waals surface area contributed by atoms with Crippen molar-refractivity contribution in [1.29, 1.82) is 0 Å². The van der Waals surface area contributed by atoms with Gasteiger partial charge in [0, 0.05) is 12.7 Å². The Morgan fingerprint density at radius 2 is 1.77 bits per heavy atom. The van der Waals surface area contributed by atoms with E-state index in [2.05, 4.69) is 15.5 Å². The summed E-state index contributed by atoms with van der Waals surface area (Å²) in [6, 6.07) is 19.4. The molecule has 8 nitrogen and oxygen atoms in total. The van der Waals surface area contributed by atoms with Crippen LogP contribution in [0.4, 0.5) is 5.69 Å². The molecule has 180 valence electrons. The summed E-state index contributed by atoms with van der Waals surface area (Å²) >= 11 is 1.30. The first kappa shape index (κ1) is 24.3. The van der Waals surface area contributed by atoms with Crippen molar-refractivity contribution in [3.63, 3.8) is 0 Å². The van der Waals surface area contributed by atoms with Crippen LogP contribution in [0.1, 0.15) is 16.9 Å². The molecule has 4 aromatic rings. The predicted molar refractivity (Wildman–Crippen MR) is 136 cm³/mol. The highest BCUT2D eigenvalue weighted by Crippen LogP contribution is 2.28. The van der Waals surface area contributed by atoms with Crippen LogP contribution in [0.15, 0.2) is 76.5 Å². The Bertz CT molecular complexity index is 1300. The number of nitrogens with zero attached hydrogens (tertiary/aromatic N) is 4. The fraction of sp³-hybridized carbons (Fsp3) is 0.231. The molecule has 0 spiro atoms. The third-order valence-corrected chi connectivity index (χ3v) is 6.42. The number of thioether (sulfide) groups is 1. The number of carbonyl (C=O) groups is 2. The Kier molecular flexibility index (Phi) is 7.67. The number of benzene rings is 2. The van der Waals surface area contributed by atoms with Gasteiger partial charge in [0.1, 0.15) is 5.76 Å². The van der Waals surface area contributed by atoms with Crippen molar-refractivity contribution in [3.8, 4) is 11.4 Å². The topological polar surface area (TPSA) is 93.3 Å². The molecule has 0 aliphatic rings. The number of aryl methyl sites for hydroxylation is 2. The zero-order chi connectivity index (χ0) is 24.8. The van der Waals surface area contributed by atoms with Crippen LogP contribution in [0.5, 0.6) is 0 Å². The van der Waals surface area contributed by atoms with Crippen LogP contribution in [0.3, 0.4) is 0 Å². The van der Waals surface area contributed by atoms with Crippen molar-refractivity contribution in [3.05, 3.63) is 83.8 Å². The molecule has 0 bridgehead atoms. The zero-order valence-corrected chi connectivity index (χ0v) is 20.7. The Morgan fingerprint density at radius 3 is 2.46 bits per heavy atom. The third kappa shape index (κ3) is 6.19. The number of furan rings is 1. The van der Waals surface area contributed by atoms with Crippen LogP contribution in [0.25, 0.3) is 11.4 Å². The summed E-state index contributed by atoms with van der Waals surface area (Å²) < 4.78 is 7.44. The Morgan fingerprint density at radius 1 is 1.03 bits per heavy atom. The standard InChI is InChI=1S/C26H27N5O3S/c1-18-9-11-21(12-10-18)27-23(32)16-30(3)24(33)17-35-26-29-28-25(22-13-14-34-19(22)2)31(26)15-20-7-5-4-6-8-20/h4-14H,15-17H2,1-3H3,(H,27,32). The summed E-state index contributed by atoms with van der Waals surface area (Å²) in [6.07, 6.45) is 1.62. The molecule has 2 aromatic carbocycles.